The Balaban J connectivity index is 3.70. The van der Waals surface area contributed by atoms with Crippen molar-refractivity contribution in [3.63, 3.8) is 0 Å². The highest BCUT2D eigenvalue weighted by Gasteiger charge is 2.18. The fourth-order valence-electron chi connectivity index (χ4n) is 1.03. The molecule has 11 heavy (non-hydrogen) atoms. The van der Waals surface area contributed by atoms with E-state index >= 15 is 0 Å². The van der Waals surface area contributed by atoms with Crippen molar-refractivity contribution in [3.05, 3.63) is 12.2 Å². The second-order valence-corrected chi connectivity index (χ2v) is 2.75. The Bertz CT molecular complexity index is 113. The van der Waals surface area contributed by atoms with Gasteiger partial charge in [0.2, 0.25) is 0 Å². The van der Waals surface area contributed by atoms with Gasteiger partial charge in [-0.05, 0) is 13.3 Å². The summed E-state index contributed by atoms with van der Waals surface area (Å²) in [7, 11) is -1.20. The summed E-state index contributed by atoms with van der Waals surface area (Å²) in [6, 6.07) is 0. The molecule has 64 valence electrons. The van der Waals surface area contributed by atoms with Crippen LogP contribution in [0.2, 0.25) is 5.82 Å². The number of unbranched alkanes of at least 4 members (excludes halogenated alkanes) is 1. The van der Waals surface area contributed by atoms with Gasteiger partial charge in [0, 0.05) is 5.82 Å². The van der Waals surface area contributed by atoms with Crippen LogP contribution in [0.1, 0.15) is 33.1 Å². The Hall–Kier alpha value is -0.275. The van der Waals surface area contributed by atoms with Crippen LogP contribution in [0.3, 0.4) is 0 Å². The molecule has 0 aromatic heterocycles. The topological polar surface area (TPSA) is 40.5 Å². The van der Waals surface area contributed by atoms with Crippen LogP contribution in [0.4, 0.5) is 0 Å². The van der Waals surface area contributed by atoms with E-state index in [9.17, 15) is 0 Å². The molecule has 0 amide bonds. The SMILES string of the molecule is C/C=C/[C@@H](CCCC)B(O)O. The van der Waals surface area contributed by atoms with Crippen molar-refractivity contribution < 1.29 is 10.0 Å². The van der Waals surface area contributed by atoms with E-state index in [1.165, 1.54) is 0 Å². The van der Waals surface area contributed by atoms with Gasteiger partial charge in [0.05, 0.1) is 0 Å². The first-order valence-electron chi connectivity index (χ1n) is 4.21. The van der Waals surface area contributed by atoms with Gasteiger partial charge in [0.1, 0.15) is 0 Å². The number of hydrogen-bond acceptors (Lipinski definition) is 2. The third kappa shape index (κ3) is 5.05. The first-order chi connectivity index (χ1) is 5.22. The summed E-state index contributed by atoms with van der Waals surface area (Å²) in [5.74, 6) is -0.0834. The maximum absolute atomic E-state index is 8.87. The molecule has 0 spiro atoms. The van der Waals surface area contributed by atoms with E-state index in [1.54, 1.807) is 0 Å². The van der Waals surface area contributed by atoms with Gasteiger partial charge < -0.3 is 10.0 Å². The van der Waals surface area contributed by atoms with Crippen molar-refractivity contribution in [3.8, 4) is 0 Å². The van der Waals surface area contributed by atoms with Crippen molar-refractivity contribution in [2.45, 2.75) is 38.9 Å². The number of rotatable bonds is 5. The molecular weight excluding hydrogens is 139 g/mol. The van der Waals surface area contributed by atoms with Gasteiger partial charge in [0.25, 0.3) is 0 Å². The minimum Gasteiger partial charge on any atom is -0.427 e. The van der Waals surface area contributed by atoms with Crippen LogP contribution in [-0.4, -0.2) is 17.2 Å². The molecule has 2 nitrogen and oxygen atoms in total. The highest BCUT2D eigenvalue weighted by molar-refractivity contribution is 6.43. The van der Waals surface area contributed by atoms with E-state index in [-0.39, 0.29) is 5.82 Å². The van der Waals surface area contributed by atoms with Crippen LogP contribution >= 0.6 is 0 Å². The molecule has 0 bridgehead atoms. The minimum atomic E-state index is -1.20. The molecule has 0 unspecified atom stereocenters. The molecular formula is C8H17BO2. The predicted molar refractivity (Wildman–Crippen MR) is 48.3 cm³/mol. The van der Waals surface area contributed by atoms with Crippen molar-refractivity contribution in [2.24, 2.45) is 0 Å². The molecule has 0 rings (SSSR count). The molecule has 0 aromatic rings. The van der Waals surface area contributed by atoms with Crippen molar-refractivity contribution in [1.82, 2.24) is 0 Å². The zero-order valence-corrected chi connectivity index (χ0v) is 7.33. The van der Waals surface area contributed by atoms with Gasteiger partial charge in [-0.1, -0.05) is 31.9 Å². The van der Waals surface area contributed by atoms with Crippen LogP contribution in [-0.2, 0) is 0 Å². The summed E-state index contributed by atoms with van der Waals surface area (Å²) in [6.07, 6.45) is 6.71. The van der Waals surface area contributed by atoms with E-state index < -0.39 is 7.12 Å². The molecule has 0 aliphatic carbocycles. The van der Waals surface area contributed by atoms with E-state index in [0.29, 0.717) is 0 Å². The van der Waals surface area contributed by atoms with Gasteiger partial charge in [0.15, 0.2) is 0 Å². The standard InChI is InChI=1S/C8H17BO2/c1-3-5-7-8(6-4-2)9(10)11/h4,6,8,10-11H,3,5,7H2,1-2H3/b6-4+/t8-/m0/s1. The quantitative estimate of drug-likeness (QED) is 0.468. The van der Waals surface area contributed by atoms with Crippen molar-refractivity contribution in [2.75, 3.05) is 0 Å². The van der Waals surface area contributed by atoms with Gasteiger partial charge in [-0.25, -0.2) is 0 Å². The van der Waals surface area contributed by atoms with E-state index in [1.807, 2.05) is 19.1 Å². The molecule has 0 heterocycles. The Morgan fingerprint density at radius 1 is 1.45 bits per heavy atom. The Labute approximate surface area is 69.1 Å². The lowest BCUT2D eigenvalue weighted by atomic mass is 9.70. The average molecular weight is 156 g/mol. The second kappa shape index (κ2) is 6.44. The zero-order valence-electron chi connectivity index (χ0n) is 7.33. The Kier molecular flexibility index (Phi) is 6.28. The molecule has 0 saturated heterocycles. The molecule has 0 radical (unpaired) electrons. The normalized spacial score (nSPS) is 13.8. The predicted octanol–water partition coefficient (Wildman–Crippen LogP) is 1.60. The molecule has 0 aliphatic rings. The largest absolute Gasteiger partial charge is 0.458 e. The van der Waals surface area contributed by atoms with E-state index in [4.69, 9.17) is 10.0 Å². The van der Waals surface area contributed by atoms with Crippen LogP contribution in [0, 0.1) is 0 Å². The molecule has 0 aliphatic heterocycles. The van der Waals surface area contributed by atoms with E-state index in [2.05, 4.69) is 6.92 Å². The lowest BCUT2D eigenvalue weighted by Gasteiger charge is -2.09. The van der Waals surface area contributed by atoms with Gasteiger partial charge in [-0.15, -0.1) is 0 Å². The summed E-state index contributed by atoms with van der Waals surface area (Å²) >= 11 is 0. The third-order valence-corrected chi connectivity index (χ3v) is 1.71. The fourth-order valence-corrected chi connectivity index (χ4v) is 1.03. The first-order valence-corrected chi connectivity index (χ1v) is 4.21. The zero-order chi connectivity index (χ0) is 8.69. The summed E-state index contributed by atoms with van der Waals surface area (Å²) in [6.45, 7) is 3.98. The lowest BCUT2D eigenvalue weighted by Crippen LogP contribution is -2.18. The summed E-state index contributed by atoms with van der Waals surface area (Å²) in [4.78, 5) is 0. The van der Waals surface area contributed by atoms with Crippen molar-refractivity contribution in [1.29, 1.82) is 0 Å². The van der Waals surface area contributed by atoms with Crippen LogP contribution < -0.4 is 0 Å². The molecule has 1 atom stereocenters. The fraction of sp³-hybridized carbons (Fsp3) is 0.750. The minimum absolute atomic E-state index is 0.0834. The molecule has 2 N–H and O–H groups in total. The monoisotopic (exact) mass is 156 g/mol. The summed E-state index contributed by atoms with van der Waals surface area (Å²) in [5.41, 5.74) is 0. The average Bonchev–Trinajstić information content (AvgIpc) is 1.97. The first kappa shape index (κ1) is 10.7. The molecule has 0 aromatic carbocycles. The van der Waals surface area contributed by atoms with Crippen molar-refractivity contribution >= 4 is 7.12 Å². The van der Waals surface area contributed by atoms with Crippen LogP contribution in [0.5, 0.6) is 0 Å². The van der Waals surface area contributed by atoms with Crippen LogP contribution in [0.25, 0.3) is 0 Å². The van der Waals surface area contributed by atoms with E-state index in [0.717, 1.165) is 19.3 Å². The molecule has 3 heteroatoms. The third-order valence-electron chi connectivity index (χ3n) is 1.71. The highest BCUT2D eigenvalue weighted by atomic mass is 16.4. The maximum atomic E-state index is 8.87. The Morgan fingerprint density at radius 3 is 2.45 bits per heavy atom. The maximum Gasteiger partial charge on any atom is 0.458 e. The summed E-state index contributed by atoms with van der Waals surface area (Å²) < 4.78 is 0. The van der Waals surface area contributed by atoms with Gasteiger partial charge in [-0.3, -0.25) is 0 Å². The van der Waals surface area contributed by atoms with Gasteiger partial charge >= 0.3 is 7.12 Å². The lowest BCUT2D eigenvalue weighted by molar-refractivity contribution is 0.389. The number of allylic oxidation sites excluding steroid dienone is 2. The van der Waals surface area contributed by atoms with Gasteiger partial charge in [-0.2, -0.15) is 0 Å². The number of hydrogen-bond donors (Lipinski definition) is 2. The molecule has 0 saturated carbocycles. The van der Waals surface area contributed by atoms with Crippen LogP contribution in [0.15, 0.2) is 12.2 Å². The second-order valence-electron chi connectivity index (χ2n) is 2.75. The Morgan fingerprint density at radius 2 is 2.09 bits per heavy atom. The highest BCUT2D eigenvalue weighted by Crippen LogP contribution is 2.17. The smallest absolute Gasteiger partial charge is 0.427 e. The summed E-state index contributed by atoms with van der Waals surface area (Å²) in [5, 5.41) is 17.7. The molecule has 0 fully saturated rings.